The minimum absolute atomic E-state index is 0.0554. The van der Waals surface area contributed by atoms with Crippen molar-refractivity contribution in [3.05, 3.63) is 81.8 Å². The van der Waals surface area contributed by atoms with Gasteiger partial charge < -0.3 is 10.1 Å². The summed E-state index contributed by atoms with van der Waals surface area (Å²) in [7, 11) is 0. The lowest BCUT2D eigenvalue weighted by atomic mass is 10.1. The maximum absolute atomic E-state index is 12.2. The van der Waals surface area contributed by atoms with Gasteiger partial charge in [0.2, 0.25) is 0 Å². The fraction of sp³-hybridized carbons (Fsp3) is 0.238. The molecule has 1 amide bonds. The third-order valence-corrected chi connectivity index (χ3v) is 4.86. The Morgan fingerprint density at radius 1 is 1.12 bits per heavy atom. The Morgan fingerprint density at radius 2 is 1.88 bits per heavy atom. The zero-order valence-electron chi connectivity index (χ0n) is 14.8. The van der Waals surface area contributed by atoms with Crippen molar-refractivity contribution in [3.8, 4) is 5.75 Å². The van der Waals surface area contributed by atoms with Crippen molar-refractivity contribution in [2.75, 3.05) is 6.54 Å². The second-order valence-corrected chi connectivity index (χ2v) is 6.98. The van der Waals surface area contributed by atoms with E-state index in [0.29, 0.717) is 18.7 Å². The first-order chi connectivity index (χ1) is 12.7. The van der Waals surface area contributed by atoms with Crippen LogP contribution >= 0.6 is 11.3 Å². The van der Waals surface area contributed by atoms with Crippen molar-refractivity contribution >= 4 is 17.2 Å². The predicted octanol–water partition coefficient (Wildman–Crippen LogP) is 4.39. The van der Waals surface area contributed by atoms with Crippen LogP contribution in [0.15, 0.2) is 60.0 Å². The molecular weight excluding hydrogens is 344 g/mol. The number of carbonyl (C=O) groups excluding carboxylic acids is 1. The van der Waals surface area contributed by atoms with Gasteiger partial charge in [0.05, 0.1) is 0 Å². The summed E-state index contributed by atoms with van der Waals surface area (Å²) in [5, 5.41) is 5.91. The average molecular weight is 366 g/mol. The SMILES string of the molecule is Cc1csc(COc2ccc(C(=O)NCCCc3ccccc3)cc2)n1. The molecule has 0 saturated carbocycles. The summed E-state index contributed by atoms with van der Waals surface area (Å²) in [4.78, 5) is 16.6. The van der Waals surface area contributed by atoms with Crippen molar-refractivity contribution in [1.29, 1.82) is 0 Å². The minimum Gasteiger partial charge on any atom is -0.486 e. The van der Waals surface area contributed by atoms with Crippen molar-refractivity contribution in [2.24, 2.45) is 0 Å². The molecule has 1 aromatic heterocycles. The average Bonchev–Trinajstić information content (AvgIpc) is 3.10. The van der Waals surface area contributed by atoms with Crippen LogP contribution in [0.4, 0.5) is 0 Å². The largest absolute Gasteiger partial charge is 0.486 e. The van der Waals surface area contributed by atoms with Crippen LogP contribution in [-0.2, 0) is 13.0 Å². The molecule has 1 N–H and O–H groups in total. The van der Waals surface area contributed by atoms with E-state index in [0.717, 1.165) is 29.3 Å². The number of aromatic nitrogens is 1. The molecular formula is C21H22N2O2S. The smallest absolute Gasteiger partial charge is 0.251 e. The number of hydrogen-bond donors (Lipinski definition) is 1. The van der Waals surface area contributed by atoms with Gasteiger partial charge >= 0.3 is 0 Å². The first-order valence-electron chi connectivity index (χ1n) is 8.67. The molecule has 2 aromatic carbocycles. The van der Waals surface area contributed by atoms with Gasteiger partial charge in [-0.25, -0.2) is 4.98 Å². The van der Waals surface area contributed by atoms with E-state index in [-0.39, 0.29) is 5.91 Å². The molecule has 134 valence electrons. The van der Waals surface area contributed by atoms with Crippen LogP contribution in [0.25, 0.3) is 0 Å². The number of ether oxygens (including phenoxy) is 1. The van der Waals surface area contributed by atoms with E-state index < -0.39 is 0 Å². The maximum atomic E-state index is 12.2. The molecule has 0 spiro atoms. The second kappa shape index (κ2) is 9.15. The summed E-state index contributed by atoms with van der Waals surface area (Å²) in [6.07, 6.45) is 1.88. The fourth-order valence-electron chi connectivity index (χ4n) is 2.56. The number of carbonyl (C=O) groups is 1. The van der Waals surface area contributed by atoms with E-state index in [1.807, 2.05) is 42.6 Å². The summed E-state index contributed by atoms with van der Waals surface area (Å²) in [5.74, 6) is 0.679. The van der Waals surface area contributed by atoms with Gasteiger partial charge in [0, 0.05) is 23.2 Å². The van der Waals surface area contributed by atoms with Crippen molar-refractivity contribution in [2.45, 2.75) is 26.4 Å². The third-order valence-electron chi connectivity index (χ3n) is 3.92. The van der Waals surface area contributed by atoms with Gasteiger partial charge in [-0.05, 0) is 49.6 Å². The van der Waals surface area contributed by atoms with Crippen LogP contribution in [0.1, 0.15) is 33.0 Å². The Kier molecular flexibility index (Phi) is 6.39. The lowest BCUT2D eigenvalue weighted by molar-refractivity contribution is 0.0953. The van der Waals surface area contributed by atoms with Crippen LogP contribution in [-0.4, -0.2) is 17.4 Å². The van der Waals surface area contributed by atoms with Gasteiger partial charge in [0.25, 0.3) is 5.91 Å². The molecule has 5 heteroatoms. The van der Waals surface area contributed by atoms with Crippen LogP contribution in [0, 0.1) is 6.92 Å². The van der Waals surface area contributed by atoms with Crippen molar-refractivity contribution in [1.82, 2.24) is 10.3 Å². The minimum atomic E-state index is -0.0554. The first kappa shape index (κ1) is 18.1. The molecule has 0 aliphatic carbocycles. The predicted molar refractivity (Wildman–Crippen MR) is 105 cm³/mol. The Morgan fingerprint density at radius 3 is 2.58 bits per heavy atom. The molecule has 0 aliphatic heterocycles. The van der Waals surface area contributed by atoms with E-state index in [1.54, 1.807) is 23.5 Å². The number of aryl methyl sites for hydroxylation is 2. The molecule has 0 fully saturated rings. The summed E-state index contributed by atoms with van der Waals surface area (Å²) < 4.78 is 5.70. The van der Waals surface area contributed by atoms with E-state index >= 15 is 0 Å². The maximum Gasteiger partial charge on any atom is 0.251 e. The van der Waals surface area contributed by atoms with E-state index in [1.165, 1.54) is 5.56 Å². The molecule has 3 aromatic rings. The number of benzene rings is 2. The molecule has 0 atom stereocenters. The standard InChI is InChI=1S/C21H22N2O2S/c1-16-15-26-20(23-16)14-25-19-11-9-18(10-12-19)21(24)22-13-5-8-17-6-3-2-4-7-17/h2-4,6-7,9-12,15H,5,8,13-14H2,1H3,(H,22,24). The van der Waals surface area contributed by atoms with Gasteiger partial charge in [0.15, 0.2) is 0 Å². The topological polar surface area (TPSA) is 51.2 Å². The van der Waals surface area contributed by atoms with Crippen molar-refractivity contribution in [3.63, 3.8) is 0 Å². The number of thiazole rings is 1. The number of hydrogen-bond acceptors (Lipinski definition) is 4. The molecule has 26 heavy (non-hydrogen) atoms. The Hall–Kier alpha value is -2.66. The van der Waals surface area contributed by atoms with Crippen LogP contribution in [0.3, 0.4) is 0 Å². The first-order valence-corrected chi connectivity index (χ1v) is 9.55. The number of nitrogens with zero attached hydrogens (tertiary/aromatic N) is 1. The highest BCUT2D eigenvalue weighted by atomic mass is 32.1. The van der Waals surface area contributed by atoms with Gasteiger partial charge in [0.1, 0.15) is 17.4 Å². The third kappa shape index (κ3) is 5.43. The van der Waals surface area contributed by atoms with Gasteiger partial charge in [-0.15, -0.1) is 11.3 Å². The molecule has 0 aliphatic rings. The number of rotatable bonds is 8. The Labute approximate surface area is 157 Å². The zero-order valence-corrected chi connectivity index (χ0v) is 15.6. The second-order valence-electron chi connectivity index (χ2n) is 6.04. The summed E-state index contributed by atoms with van der Waals surface area (Å²) in [6.45, 7) is 3.08. The molecule has 4 nitrogen and oxygen atoms in total. The van der Waals surface area contributed by atoms with Gasteiger partial charge in [-0.2, -0.15) is 0 Å². The van der Waals surface area contributed by atoms with E-state index in [2.05, 4.69) is 22.4 Å². The summed E-state index contributed by atoms with van der Waals surface area (Å²) in [5.41, 5.74) is 2.94. The lowest BCUT2D eigenvalue weighted by Gasteiger charge is -2.07. The number of nitrogens with one attached hydrogen (secondary N) is 1. The van der Waals surface area contributed by atoms with Crippen LogP contribution in [0.5, 0.6) is 5.75 Å². The zero-order chi connectivity index (χ0) is 18.2. The molecule has 3 rings (SSSR count). The highest BCUT2D eigenvalue weighted by Gasteiger charge is 2.06. The fourth-order valence-corrected chi connectivity index (χ4v) is 3.24. The highest BCUT2D eigenvalue weighted by Crippen LogP contribution is 2.16. The summed E-state index contributed by atoms with van der Waals surface area (Å²) >= 11 is 1.59. The highest BCUT2D eigenvalue weighted by molar-refractivity contribution is 7.09. The summed E-state index contributed by atoms with van der Waals surface area (Å²) in [6, 6.07) is 17.5. The lowest BCUT2D eigenvalue weighted by Crippen LogP contribution is -2.24. The van der Waals surface area contributed by atoms with Crippen LogP contribution < -0.4 is 10.1 Å². The molecule has 1 heterocycles. The monoisotopic (exact) mass is 366 g/mol. The normalized spacial score (nSPS) is 10.5. The van der Waals surface area contributed by atoms with Crippen molar-refractivity contribution < 1.29 is 9.53 Å². The Bertz CT molecular complexity index is 829. The van der Waals surface area contributed by atoms with E-state index in [9.17, 15) is 4.79 Å². The Balaban J connectivity index is 1.41. The van der Waals surface area contributed by atoms with E-state index in [4.69, 9.17) is 4.74 Å². The quantitative estimate of drug-likeness (QED) is 0.602. The molecule has 0 saturated heterocycles. The van der Waals surface area contributed by atoms with Gasteiger partial charge in [-0.1, -0.05) is 30.3 Å². The molecule has 0 unspecified atom stereocenters. The van der Waals surface area contributed by atoms with Gasteiger partial charge in [-0.3, -0.25) is 4.79 Å². The number of amides is 1. The molecule has 0 radical (unpaired) electrons. The molecule has 0 bridgehead atoms. The van der Waals surface area contributed by atoms with Crippen LogP contribution in [0.2, 0.25) is 0 Å².